The highest BCUT2D eigenvalue weighted by Gasteiger charge is 2.36. The fourth-order valence-corrected chi connectivity index (χ4v) is 21.8. The molecule has 8 aromatic carbocycles. The first-order valence-corrected chi connectivity index (χ1v) is 50.4. The summed E-state index contributed by atoms with van der Waals surface area (Å²) >= 11 is 0. The number of nitrogens with zero attached hydrogens (tertiary/aromatic N) is 15. The summed E-state index contributed by atoms with van der Waals surface area (Å²) in [6.07, 6.45) is 15.6. The molecule has 4 aromatic heterocycles. The second-order valence-electron chi connectivity index (χ2n) is 36.9. The number of benzene rings is 8. The van der Waals surface area contributed by atoms with Crippen LogP contribution in [0.2, 0.25) is 0 Å². The van der Waals surface area contributed by atoms with Gasteiger partial charge in [0.05, 0.1) is 58.2 Å². The summed E-state index contributed by atoms with van der Waals surface area (Å²) in [5.41, 5.74) is 17.5. The predicted octanol–water partition coefficient (Wildman–Crippen LogP) is 19.4. The van der Waals surface area contributed by atoms with Crippen LogP contribution in [0.25, 0.3) is 91.4 Å². The van der Waals surface area contributed by atoms with Crippen LogP contribution in [0.3, 0.4) is 0 Å². The lowest BCUT2D eigenvalue weighted by Gasteiger charge is -2.32. The molecule has 0 bridgehead atoms. The highest BCUT2D eigenvalue weighted by Crippen LogP contribution is 2.45. The number of fused-ring (bicyclic) bond motifs is 4. The summed E-state index contributed by atoms with van der Waals surface area (Å²) in [7, 11) is -6.83. The Bertz CT molecular complexity index is 6450. The van der Waals surface area contributed by atoms with Crippen molar-refractivity contribution >= 4 is 20.0 Å². The third-order valence-corrected chi connectivity index (χ3v) is 28.4. The van der Waals surface area contributed by atoms with Gasteiger partial charge in [-0.05, 0) is 301 Å². The van der Waals surface area contributed by atoms with E-state index in [0.29, 0.717) is 165 Å². The SMILES string of the molecule is CC(C)Oc1ccc(-c2nc(-c3cccc4c3CCC4N3CCCCC3)no2)cc1C#N.CC(C)Oc1ccc(-c2nc(-c3cccc4c3CC[C@@H]4NS(=O)(=O)CCN3CCCCC3)no2)cc1C#N.CC(C)Oc1ccc(-c2nc(-c3cccc4c3CC[C@@H]4NS(=O)(=O)CCN3CC[C@H](C)C3)no2)cc1C#N.CC(C)Oc1ccc(-c2nc(-c3cccc4c3CC[C@H]4C)no2)cc1C#N. The molecule has 0 amide bonds. The smallest absolute Gasteiger partial charge is 0.258 e. The zero-order valence-corrected chi connectivity index (χ0v) is 79.8. The minimum Gasteiger partial charge on any atom is -0.490 e. The summed E-state index contributed by atoms with van der Waals surface area (Å²) in [5, 5.41) is 54.9. The number of piperidine rings is 2. The van der Waals surface area contributed by atoms with E-state index in [0.717, 1.165) is 121 Å². The molecule has 3 saturated heterocycles. The van der Waals surface area contributed by atoms with Gasteiger partial charge in [-0.2, -0.15) is 41.0 Å². The van der Waals surface area contributed by atoms with E-state index in [-0.39, 0.29) is 48.0 Å². The number of rotatable bonds is 27. The summed E-state index contributed by atoms with van der Waals surface area (Å²) in [6, 6.07) is 54.2. The van der Waals surface area contributed by atoms with E-state index >= 15 is 0 Å². The molecule has 0 radical (unpaired) electrons. The van der Waals surface area contributed by atoms with Crippen LogP contribution in [0.15, 0.2) is 164 Å². The number of likely N-dealkylation sites (tertiary alicyclic amines) is 3. The third-order valence-electron chi connectivity index (χ3n) is 25.6. The van der Waals surface area contributed by atoms with Gasteiger partial charge in [-0.3, -0.25) is 4.90 Å². The Morgan fingerprint density at radius 3 is 1.07 bits per heavy atom. The van der Waals surface area contributed by atoms with Crippen molar-refractivity contribution in [1.29, 1.82) is 21.0 Å². The van der Waals surface area contributed by atoms with E-state index < -0.39 is 20.0 Å². The van der Waals surface area contributed by atoms with Crippen molar-refractivity contribution in [1.82, 2.24) is 64.7 Å². The van der Waals surface area contributed by atoms with Gasteiger partial charge in [-0.1, -0.05) is 120 Å². The Balaban J connectivity index is 0.000000132. The molecule has 7 aliphatic rings. The van der Waals surface area contributed by atoms with Gasteiger partial charge in [-0.15, -0.1) is 0 Å². The molecule has 3 fully saturated rings. The van der Waals surface area contributed by atoms with Crippen LogP contribution < -0.4 is 28.4 Å². The van der Waals surface area contributed by atoms with Gasteiger partial charge in [0.1, 0.15) is 47.3 Å². The minimum absolute atomic E-state index is 0.000486. The van der Waals surface area contributed by atoms with Crippen molar-refractivity contribution in [2.75, 3.05) is 63.9 Å². The first-order chi connectivity index (χ1) is 65.2. The topological polar surface area (TPSA) is 390 Å². The van der Waals surface area contributed by atoms with Gasteiger partial charge < -0.3 is 46.8 Å². The van der Waals surface area contributed by atoms with Crippen LogP contribution in [0, 0.1) is 51.2 Å². The molecule has 2 N–H and O–H groups in total. The van der Waals surface area contributed by atoms with E-state index in [2.05, 4.69) is 128 Å². The largest absolute Gasteiger partial charge is 0.490 e. The molecule has 135 heavy (non-hydrogen) atoms. The maximum atomic E-state index is 12.9. The van der Waals surface area contributed by atoms with Gasteiger partial charge in [0.15, 0.2) is 0 Å². The van der Waals surface area contributed by atoms with Crippen LogP contribution in [0.5, 0.6) is 23.0 Å². The Morgan fingerprint density at radius 2 is 0.711 bits per heavy atom. The summed E-state index contributed by atoms with van der Waals surface area (Å²) in [6.45, 7) is 27.2. The number of hydrogen-bond acceptors (Lipinski definition) is 27. The highest BCUT2D eigenvalue weighted by atomic mass is 32.2. The molecule has 3 aliphatic heterocycles. The molecule has 31 heteroatoms. The molecule has 4 aliphatic carbocycles. The van der Waals surface area contributed by atoms with Crippen LogP contribution in [-0.2, 0) is 45.7 Å². The zero-order chi connectivity index (χ0) is 94.6. The number of nitriles is 4. The third kappa shape index (κ3) is 22.9. The molecule has 19 rings (SSSR count). The summed E-state index contributed by atoms with van der Waals surface area (Å²) < 4.78 is 102. The van der Waals surface area contributed by atoms with Gasteiger partial charge in [0.2, 0.25) is 43.3 Å². The van der Waals surface area contributed by atoms with Crippen LogP contribution in [0.1, 0.15) is 231 Å². The summed E-state index contributed by atoms with van der Waals surface area (Å²) in [5.74, 6) is 7.05. The van der Waals surface area contributed by atoms with E-state index in [1.807, 2.05) is 110 Å². The molecular formula is C104H115N17O12S2. The molecule has 0 spiro atoms. The average Bonchev–Trinajstić information content (AvgIpc) is 1.67. The molecular weight excluding hydrogens is 1740 g/mol. The van der Waals surface area contributed by atoms with Gasteiger partial charge in [0.25, 0.3) is 23.6 Å². The number of sulfonamides is 2. The lowest BCUT2D eigenvalue weighted by molar-refractivity contribution is 0.163. The Kier molecular flexibility index (Phi) is 30.2. The second kappa shape index (κ2) is 42.8. The standard InChI is InChI=1S/2C28H33N5O4S.C26H28N4O2.C22H21N3O2/c1-18(2)36-26-10-7-20(15-21(26)16-29)28-30-27(31-37-28)24-6-4-5-23-22(24)8-9-25(23)32-38(34,35)14-13-33-12-11-19(3)17-33;1-19(2)36-26-12-9-20(17-21(26)18-29)28-30-27(31-37-28)24-8-6-7-23-22(24)10-11-25(23)32-38(34,35)16-15-33-13-4-3-5-14-33;1-17(2)31-24-12-9-18(15-19(24)16-27)26-28-25(29-32-26)22-8-6-7-21-20(22)10-11-23(21)30-13-4-3-5-14-30;1-13(2)26-20-10-8-15(11-16(20)12-23)22-24-21(25-27-22)19-6-4-5-17-14(3)7-9-18(17)19/h4-7,10,15,18-19,25,32H,8-9,11-14,17H2,1-3H3;6-9,12,17,19,25,32H,3-5,10-11,13-16H2,1-2H3;6-9,12,15,17,23H,3-5,10-11,13-14H2,1-2H3;4-6,8,10-11,13-14H,7,9H2,1-3H3/t19-,25-;25-;;14-/m00.1/s1. The molecule has 5 atom stereocenters. The maximum Gasteiger partial charge on any atom is 0.258 e. The molecule has 700 valence electrons. The highest BCUT2D eigenvalue weighted by molar-refractivity contribution is 7.89. The molecule has 12 aromatic rings. The number of aromatic nitrogens is 8. The molecule has 1 unspecified atom stereocenters. The molecule has 0 saturated carbocycles. The fraction of sp³-hybridized carbons (Fsp3) is 0.423. The van der Waals surface area contributed by atoms with Crippen molar-refractivity contribution in [2.24, 2.45) is 5.92 Å². The Hall–Kier alpha value is -12.8. The van der Waals surface area contributed by atoms with Crippen LogP contribution in [-0.4, -0.2) is 160 Å². The Morgan fingerprint density at radius 1 is 0.385 bits per heavy atom. The number of ether oxygens (including phenoxy) is 4. The van der Waals surface area contributed by atoms with Crippen LogP contribution in [0.4, 0.5) is 0 Å². The summed E-state index contributed by atoms with van der Waals surface area (Å²) in [4.78, 5) is 25.6. The van der Waals surface area contributed by atoms with Gasteiger partial charge in [0, 0.05) is 82.3 Å². The van der Waals surface area contributed by atoms with E-state index in [1.165, 1.54) is 61.0 Å². The fourth-order valence-electron chi connectivity index (χ4n) is 19.2. The van der Waals surface area contributed by atoms with Crippen LogP contribution >= 0.6 is 0 Å². The predicted molar refractivity (Wildman–Crippen MR) is 512 cm³/mol. The van der Waals surface area contributed by atoms with Crippen molar-refractivity contribution in [3.63, 3.8) is 0 Å². The number of nitrogens with one attached hydrogen (secondary N) is 2. The first-order valence-electron chi connectivity index (χ1n) is 47.1. The average molecular weight is 1860 g/mol. The van der Waals surface area contributed by atoms with Gasteiger partial charge in [-0.25, -0.2) is 26.3 Å². The van der Waals surface area contributed by atoms with E-state index in [9.17, 15) is 37.9 Å². The lowest BCUT2D eigenvalue weighted by atomic mass is 9.99. The van der Waals surface area contributed by atoms with Crippen molar-refractivity contribution in [3.8, 4) is 139 Å². The Labute approximate surface area is 789 Å². The van der Waals surface area contributed by atoms with Crippen molar-refractivity contribution in [3.05, 3.63) is 212 Å². The maximum absolute atomic E-state index is 12.9. The van der Waals surface area contributed by atoms with Gasteiger partial charge >= 0.3 is 0 Å². The second-order valence-corrected chi connectivity index (χ2v) is 40.6. The van der Waals surface area contributed by atoms with E-state index in [1.54, 1.807) is 60.7 Å². The minimum atomic E-state index is -3.42. The van der Waals surface area contributed by atoms with Crippen molar-refractivity contribution in [2.45, 2.75) is 214 Å². The quantitative estimate of drug-likeness (QED) is 0.0483. The normalized spacial score (nSPS) is 18.0. The monoisotopic (exact) mass is 1860 g/mol. The number of hydrogen-bond donors (Lipinski definition) is 2. The lowest BCUT2D eigenvalue weighted by Crippen LogP contribution is -2.38. The zero-order valence-electron chi connectivity index (χ0n) is 78.2. The first kappa shape index (κ1) is 95.3. The van der Waals surface area contributed by atoms with E-state index in [4.69, 9.17) is 42.0 Å². The van der Waals surface area contributed by atoms with Crippen molar-refractivity contribution < 1.29 is 53.9 Å². The molecule has 7 heterocycles. The molecule has 29 nitrogen and oxygen atoms in total.